The molecule has 1 N–H and O–H groups in total. The molecule has 0 atom stereocenters. The lowest BCUT2D eigenvalue weighted by atomic mass is 10.4. The highest BCUT2D eigenvalue weighted by Crippen LogP contribution is 1.84. The number of aliphatic hydroxyl groups is 1. The zero-order valence-electron chi connectivity index (χ0n) is 7.77. The fraction of sp³-hybridized carbons (Fsp3) is 0.0833. The molecule has 0 aromatic rings. The van der Waals surface area contributed by atoms with Gasteiger partial charge >= 0.3 is 0 Å². The second-order valence-corrected chi connectivity index (χ2v) is 2.26. The van der Waals surface area contributed by atoms with Crippen molar-refractivity contribution in [3.8, 4) is 0 Å². The van der Waals surface area contributed by atoms with Crippen LogP contribution in [0.2, 0.25) is 0 Å². The van der Waals surface area contributed by atoms with Gasteiger partial charge in [0.1, 0.15) is 5.76 Å². The Morgan fingerprint density at radius 1 is 1.15 bits per heavy atom. The molecule has 0 fully saturated rings. The maximum Gasteiger partial charge on any atom is 0.108 e. The van der Waals surface area contributed by atoms with Gasteiger partial charge in [-0.25, -0.2) is 0 Å². The zero-order valence-corrected chi connectivity index (χ0v) is 7.77. The van der Waals surface area contributed by atoms with E-state index in [1.165, 1.54) is 6.08 Å². The first-order valence-electron chi connectivity index (χ1n) is 4.02. The molecule has 0 radical (unpaired) electrons. The van der Waals surface area contributed by atoms with Crippen LogP contribution in [-0.4, -0.2) is 5.11 Å². The Labute approximate surface area is 79.4 Å². The minimum Gasteiger partial charge on any atom is -0.509 e. The van der Waals surface area contributed by atoms with Gasteiger partial charge in [-0.15, -0.1) is 5.73 Å². The Kier molecular flexibility index (Phi) is 7.27. The van der Waals surface area contributed by atoms with Gasteiger partial charge in [0.2, 0.25) is 0 Å². The monoisotopic (exact) mass is 174 g/mol. The maximum atomic E-state index is 8.66. The maximum absolute atomic E-state index is 8.66. The molecule has 13 heavy (non-hydrogen) atoms. The Bertz CT molecular complexity index is 284. The van der Waals surface area contributed by atoms with Crippen LogP contribution in [0, 0.1) is 0 Å². The number of allylic oxidation sites excluding steroid dienone is 7. The number of hydrogen-bond donors (Lipinski definition) is 1. The molecular weight excluding hydrogens is 160 g/mol. The van der Waals surface area contributed by atoms with Gasteiger partial charge in [-0.3, -0.25) is 0 Å². The predicted octanol–water partition coefficient (Wildman–Crippen LogP) is 3.46. The second-order valence-electron chi connectivity index (χ2n) is 2.26. The summed E-state index contributed by atoms with van der Waals surface area (Å²) in [6, 6.07) is 0. The fourth-order valence-corrected chi connectivity index (χ4v) is 0.557. The third kappa shape index (κ3) is 10.3. The first-order chi connectivity index (χ1) is 6.27. The molecule has 0 aromatic heterocycles. The van der Waals surface area contributed by atoms with Gasteiger partial charge in [0.05, 0.1) is 0 Å². The highest BCUT2D eigenvalue weighted by atomic mass is 16.3. The molecule has 0 aliphatic heterocycles. The van der Waals surface area contributed by atoms with Gasteiger partial charge in [-0.05, 0) is 25.2 Å². The van der Waals surface area contributed by atoms with E-state index in [9.17, 15) is 0 Å². The molecule has 68 valence electrons. The van der Waals surface area contributed by atoms with Crippen molar-refractivity contribution in [1.29, 1.82) is 0 Å². The van der Waals surface area contributed by atoms with Gasteiger partial charge in [-0.1, -0.05) is 37.0 Å². The van der Waals surface area contributed by atoms with Crippen molar-refractivity contribution in [2.45, 2.75) is 6.92 Å². The molecule has 0 amide bonds. The van der Waals surface area contributed by atoms with Gasteiger partial charge in [-0.2, -0.15) is 0 Å². The van der Waals surface area contributed by atoms with Crippen LogP contribution in [0.4, 0.5) is 0 Å². The van der Waals surface area contributed by atoms with Crippen LogP contribution < -0.4 is 0 Å². The SMILES string of the molecule is C=C(O)/C=C\C=C=C/C=C\C=C/C. The molecule has 0 aliphatic rings. The van der Waals surface area contributed by atoms with E-state index in [4.69, 9.17) is 5.11 Å². The van der Waals surface area contributed by atoms with Crippen LogP contribution in [0.1, 0.15) is 6.92 Å². The third-order valence-corrected chi connectivity index (χ3v) is 1.09. The van der Waals surface area contributed by atoms with Crippen molar-refractivity contribution in [3.05, 3.63) is 66.7 Å². The fourth-order valence-electron chi connectivity index (χ4n) is 0.557. The molecule has 1 heteroatoms. The molecule has 0 aliphatic carbocycles. The minimum atomic E-state index is 0.0440. The molecule has 0 saturated heterocycles. The second kappa shape index (κ2) is 8.38. The first kappa shape index (κ1) is 11.3. The predicted molar refractivity (Wildman–Crippen MR) is 57.5 cm³/mol. The lowest BCUT2D eigenvalue weighted by molar-refractivity contribution is 0.435. The van der Waals surface area contributed by atoms with E-state index in [0.29, 0.717) is 0 Å². The average molecular weight is 174 g/mol. The molecule has 0 saturated carbocycles. The summed E-state index contributed by atoms with van der Waals surface area (Å²) in [5, 5.41) is 8.66. The molecule has 0 rings (SSSR count). The summed E-state index contributed by atoms with van der Waals surface area (Å²) >= 11 is 0. The van der Waals surface area contributed by atoms with Crippen LogP contribution >= 0.6 is 0 Å². The van der Waals surface area contributed by atoms with Gasteiger partial charge < -0.3 is 5.11 Å². The van der Waals surface area contributed by atoms with E-state index in [1.54, 1.807) is 18.2 Å². The van der Waals surface area contributed by atoms with Crippen LogP contribution in [0.25, 0.3) is 0 Å². The van der Waals surface area contributed by atoms with Crippen LogP contribution in [0.15, 0.2) is 66.7 Å². The summed E-state index contributed by atoms with van der Waals surface area (Å²) in [5.41, 5.74) is 2.89. The Morgan fingerprint density at radius 3 is 2.46 bits per heavy atom. The normalized spacial score (nSPS) is 10.8. The summed E-state index contributed by atoms with van der Waals surface area (Å²) < 4.78 is 0. The lowest BCUT2D eigenvalue weighted by Crippen LogP contribution is -1.63. The quantitative estimate of drug-likeness (QED) is 0.393. The first-order valence-corrected chi connectivity index (χ1v) is 4.02. The van der Waals surface area contributed by atoms with Crippen molar-refractivity contribution < 1.29 is 5.11 Å². The highest BCUT2D eigenvalue weighted by Gasteiger charge is 1.69. The summed E-state index contributed by atoms with van der Waals surface area (Å²) in [5.74, 6) is 0.0440. The van der Waals surface area contributed by atoms with E-state index in [0.717, 1.165) is 0 Å². The topological polar surface area (TPSA) is 20.2 Å². The largest absolute Gasteiger partial charge is 0.509 e. The van der Waals surface area contributed by atoms with Gasteiger partial charge in [0, 0.05) is 0 Å². The van der Waals surface area contributed by atoms with Crippen molar-refractivity contribution in [2.24, 2.45) is 0 Å². The molecule has 0 unspecified atom stereocenters. The van der Waals surface area contributed by atoms with Gasteiger partial charge in [0.15, 0.2) is 0 Å². The molecule has 0 spiro atoms. The van der Waals surface area contributed by atoms with E-state index in [1.807, 2.05) is 31.2 Å². The highest BCUT2D eigenvalue weighted by molar-refractivity contribution is 5.15. The van der Waals surface area contributed by atoms with Crippen molar-refractivity contribution in [2.75, 3.05) is 0 Å². The average Bonchev–Trinajstić information content (AvgIpc) is 2.09. The summed E-state index contributed by atoms with van der Waals surface area (Å²) in [7, 11) is 0. The van der Waals surface area contributed by atoms with Gasteiger partial charge in [0.25, 0.3) is 0 Å². The summed E-state index contributed by atoms with van der Waals surface area (Å²) in [6.45, 7) is 5.26. The molecule has 0 heterocycles. The van der Waals surface area contributed by atoms with Crippen LogP contribution in [0.5, 0.6) is 0 Å². The smallest absolute Gasteiger partial charge is 0.108 e. The third-order valence-electron chi connectivity index (χ3n) is 1.09. The Hall–Kier alpha value is -1.72. The summed E-state index contributed by atoms with van der Waals surface area (Å²) in [6.07, 6.45) is 14.3. The van der Waals surface area contributed by atoms with Crippen molar-refractivity contribution in [3.63, 3.8) is 0 Å². The van der Waals surface area contributed by atoms with Crippen molar-refractivity contribution in [1.82, 2.24) is 0 Å². The summed E-state index contributed by atoms with van der Waals surface area (Å²) in [4.78, 5) is 0. The Balaban J connectivity index is 3.90. The number of aliphatic hydroxyl groups excluding tert-OH is 1. The van der Waals surface area contributed by atoms with Crippen LogP contribution in [-0.2, 0) is 0 Å². The van der Waals surface area contributed by atoms with E-state index in [2.05, 4.69) is 12.3 Å². The lowest BCUT2D eigenvalue weighted by Gasteiger charge is -1.78. The zero-order chi connectivity index (χ0) is 9.94. The number of rotatable bonds is 4. The molecular formula is C12H14O. The van der Waals surface area contributed by atoms with E-state index in [-0.39, 0.29) is 5.76 Å². The van der Waals surface area contributed by atoms with E-state index >= 15 is 0 Å². The minimum absolute atomic E-state index is 0.0440. The number of hydrogen-bond acceptors (Lipinski definition) is 1. The Morgan fingerprint density at radius 2 is 1.85 bits per heavy atom. The standard InChI is InChI=1S/C12H14O/c1-3-4-5-6-7-8-9-10-11-12(2)13/h3-7,9-11,13H,2H2,1H3/b4-3-,6-5-,11-10-. The van der Waals surface area contributed by atoms with Crippen LogP contribution in [0.3, 0.4) is 0 Å². The van der Waals surface area contributed by atoms with Crippen molar-refractivity contribution >= 4 is 0 Å². The molecule has 1 nitrogen and oxygen atoms in total. The van der Waals surface area contributed by atoms with E-state index < -0.39 is 0 Å². The molecule has 0 aromatic carbocycles. The molecule has 0 bridgehead atoms.